The minimum absolute atomic E-state index is 0.103. The smallest absolute Gasteiger partial charge is 0.304 e. The SMILES string of the molecule is CC/C=C\C/C=C\C/C=C\C/C=C\C/C=C\CC#CCCCC(=O)O.CC/C=C\CC(/C=C/C=C\C/C=C\C/C=C\CC#CCCC(=O)O)OO.CC/C=C\C[C@@H]1O[C@@H]1C/C=C\C/C=C\C/C=C\CC#CCCC(=O)O. The van der Waals surface area contributed by atoms with E-state index in [4.69, 9.17) is 25.3 Å². The van der Waals surface area contributed by atoms with Crippen molar-refractivity contribution < 1.29 is 44.6 Å². The molecule has 1 aliphatic heterocycles. The number of rotatable bonds is 38. The third-order valence-corrected chi connectivity index (χ3v) is 10.0. The van der Waals surface area contributed by atoms with Gasteiger partial charge in [-0.2, -0.15) is 0 Å². The van der Waals surface area contributed by atoms with Crippen LogP contribution in [0.3, 0.4) is 0 Å². The van der Waals surface area contributed by atoms with Crippen molar-refractivity contribution in [2.45, 2.75) is 193 Å². The van der Waals surface area contributed by atoms with Crippen molar-refractivity contribution in [1.82, 2.24) is 0 Å². The van der Waals surface area contributed by atoms with Crippen molar-refractivity contribution >= 4 is 17.9 Å². The van der Waals surface area contributed by atoms with Gasteiger partial charge in [0.15, 0.2) is 0 Å². The van der Waals surface area contributed by atoms with Crippen LogP contribution in [-0.2, 0) is 24.0 Å². The van der Waals surface area contributed by atoms with E-state index in [-0.39, 0.29) is 25.4 Å². The van der Waals surface area contributed by atoms with Crippen LogP contribution in [0.4, 0.5) is 0 Å². The van der Waals surface area contributed by atoms with E-state index in [1.165, 1.54) is 0 Å². The average Bonchev–Trinajstić information content (AvgIpc) is 4.16. The minimum Gasteiger partial charge on any atom is -0.481 e. The van der Waals surface area contributed by atoms with Crippen LogP contribution < -0.4 is 0 Å². The average molecular weight is 1040 g/mol. The highest BCUT2D eigenvalue weighted by atomic mass is 17.1. The maximum absolute atomic E-state index is 10.3. The van der Waals surface area contributed by atoms with Crippen molar-refractivity contribution in [3.63, 3.8) is 0 Å². The number of carboxylic acid groups (broad SMARTS) is 3. The molecule has 0 amide bonds. The second-order valence-corrected chi connectivity index (χ2v) is 16.9. The van der Waals surface area contributed by atoms with Crippen LogP contribution in [0.5, 0.6) is 0 Å². The minimum atomic E-state index is -0.810. The Kier molecular flexibility index (Phi) is 57.2. The van der Waals surface area contributed by atoms with Crippen molar-refractivity contribution in [3.05, 3.63) is 170 Å². The predicted molar refractivity (Wildman–Crippen MR) is 318 cm³/mol. The summed E-state index contributed by atoms with van der Waals surface area (Å²) < 4.78 is 5.61. The molecule has 0 saturated carbocycles. The first-order chi connectivity index (χ1) is 37.2. The standard InChI is InChI=1S/C23H32O2.C22H30O4.C22H30O3/c1-2-3-4-5-6-7-8-9-10-11-12-13-14-15-16-17-18-19-20-21-22-23(24)25;1-2-3-15-18-21(26-25)19-16-13-11-9-7-5-4-6-8-10-12-14-17-20-22(23)24;1-2-3-14-17-20-21(25-20)18-15-12-10-8-6-4-5-7-9-11-13-16-19-22(23)24/h3-4,6-7,9-10,12-13,15-16H,2,5,8,11,14,17,20-22H2,1H3,(H,24,25);3,5-8,11,13,15-16,19,21,25H,2,4,9-10,17-18,20H2,1H3,(H,23,24);3,5-8,12,14-15,20-21H,2,4,9-10,16-19H2,1H3,(H,23,24)/b4-3-,7-6-,10-9-,13-12-,16-15-;7-5-,8-6-,13-11-,15-3-,19-16+;7-5-,8-6-,14-3-,15-12-/t;;20-,21+/m..0/s1. The highest BCUT2D eigenvalue weighted by molar-refractivity contribution is 5.67. The van der Waals surface area contributed by atoms with Crippen molar-refractivity contribution in [2.24, 2.45) is 0 Å². The summed E-state index contributed by atoms with van der Waals surface area (Å²) in [5.74, 6) is 15.2. The fourth-order valence-electron chi connectivity index (χ4n) is 5.93. The summed E-state index contributed by atoms with van der Waals surface area (Å²) in [4.78, 5) is 35.3. The molecule has 9 nitrogen and oxygen atoms in total. The molecule has 414 valence electrons. The molecule has 9 heteroatoms. The van der Waals surface area contributed by atoms with E-state index in [2.05, 4.69) is 177 Å². The van der Waals surface area contributed by atoms with Gasteiger partial charge in [0, 0.05) is 44.9 Å². The van der Waals surface area contributed by atoms with Gasteiger partial charge >= 0.3 is 17.9 Å². The quantitative estimate of drug-likeness (QED) is 0.00900. The van der Waals surface area contributed by atoms with Gasteiger partial charge in [0.1, 0.15) is 6.10 Å². The molecular formula is C67H92O9. The molecule has 3 atom stereocenters. The second kappa shape index (κ2) is 60.9. The molecule has 0 radical (unpaired) electrons. The molecule has 1 saturated heterocycles. The van der Waals surface area contributed by atoms with E-state index in [0.717, 1.165) is 89.9 Å². The molecule has 0 aromatic rings. The van der Waals surface area contributed by atoms with Gasteiger partial charge in [0.25, 0.3) is 0 Å². The van der Waals surface area contributed by atoms with E-state index < -0.39 is 17.9 Å². The Bertz CT molecular complexity index is 2100. The summed E-state index contributed by atoms with van der Waals surface area (Å²) in [6.45, 7) is 6.35. The molecule has 76 heavy (non-hydrogen) atoms. The molecule has 1 fully saturated rings. The van der Waals surface area contributed by atoms with Crippen LogP contribution in [-0.4, -0.2) is 56.8 Å². The van der Waals surface area contributed by atoms with Crippen LogP contribution in [0, 0.1) is 35.5 Å². The van der Waals surface area contributed by atoms with E-state index >= 15 is 0 Å². The third kappa shape index (κ3) is 63.4. The molecule has 1 unspecified atom stereocenters. The van der Waals surface area contributed by atoms with Crippen LogP contribution in [0.15, 0.2) is 170 Å². The molecule has 0 bridgehead atoms. The third-order valence-electron chi connectivity index (χ3n) is 10.0. The van der Waals surface area contributed by atoms with Gasteiger partial charge in [0.2, 0.25) is 0 Å². The lowest BCUT2D eigenvalue weighted by atomic mass is 10.1. The Labute approximate surface area is 459 Å². The monoisotopic (exact) mass is 1040 g/mol. The normalized spacial score (nSPS) is 15.1. The Balaban J connectivity index is 0. The Morgan fingerprint density at radius 2 is 0.763 bits per heavy atom. The van der Waals surface area contributed by atoms with Gasteiger partial charge in [-0.3, -0.25) is 19.6 Å². The number of epoxide rings is 1. The number of ether oxygens (including phenoxy) is 1. The van der Waals surface area contributed by atoms with Gasteiger partial charge < -0.3 is 20.1 Å². The number of hydrogen-bond acceptors (Lipinski definition) is 6. The number of carboxylic acids is 3. The number of allylic oxidation sites excluding steroid dienone is 24. The Morgan fingerprint density at radius 1 is 0.421 bits per heavy atom. The van der Waals surface area contributed by atoms with Gasteiger partial charge in [-0.1, -0.05) is 209 Å². The van der Waals surface area contributed by atoms with Crippen molar-refractivity contribution in [2.75, 3.05) is 0 Å². The highest BCUT2D eigenvalue weighted by Gasteiger charge is 2.35. The highest BCUT2D eigenvalue weighted by Crippen LogP contribution is 2.29. The van der Waals surface area contributed by atoms with Crippen LogP contribution in [0.2, 0.25) is 0 Å². The summed E-state index contributed by atoms with van der Waals surface area (Å²) >= 11 is 0. The van der Waals surface area contributed by atoms with E-state index in [1.54, 1.807) is 0 Å². The summed E-state index contributed by atoms with van der Waals surface area (Å²) in [6, 6.07) is 0. The molecular weight excluding hydrogens is 949 g/mol. The lowest BCUT2D eigenvalue weighted by molar-refractivity contribution is -0.264. The lowest BCUT2D eigenvalue weighted by Crippen LogP contribution is -2.04. The summed E-state index contributed by atoms with van der Waals surface area (Å²) in [5, 5.41) is 34.2. The topological polar surface area (TPSA) is 154 Å². The largest absolute Gasteiger partial charge is 0.481 e. The van der Waals surface area contributed by atoms with Crippen molar-refractivity contribution in [1.29, 1.82) is 0 Å². The van der Waals surface area contributed by atoms with Crippen molar-refractivity contribution in [3.8, 4) is 35.5 Å². The zero-order valence-electron chi connectivity index (χ0n) is 46.2. The van der Waals surface area contributed by atoms with Crippen LogP contribution in [0.1, 0.15) is 175 Å². The zero-order chi connectivity index (χ0) is 55.9. The second-order valence-electron chi connectivity index (χ2n) is 16.9. The molecule has 1 heterocycles. The first-order valence-corrected chi connectivity index (χ1v) is 27.3. The number of aliphatic carboxylic acids is 3. The van der Waals surface area contributed by atoms with E-state index in [1.807, 2.05) is 54.7 Å². The fourth-order valence-corrected chi connectivity index (χ4v) is 5.93. The number of unbranched alkanes of at least 4 members (excludes halogenated alkanes) is 1. The van der Waals surface area contributed by atoms with Crippen LogP contribution >= 0.6 is 0 Å². The first-order valence-electron chi connectivity index (χ1n) is 27.3. The van der Waals surface area contributed by atoms with Gasteiger partial charge in [-0.05, 0) is 96.3 Å². The Hall–Kier alpha value is -6.67. The molecule has 0 spiro atoms. The van der Waals surface area contributed by atoms with E-state index in [9.17, 15) is 14.4 Å². The fraction of sp³-hybridized carbons (Fsp3) is 0.448. The zero-order valence-corrected chi connectivity index (χ0v) is 46.2. The molecule has 0 aliphatic carbocycles. The first kappa shape index (κ1) is 71.4. The molecule has 4 N–H and O–H groups in total. The molecule has 0 aromatic carbocycles. The summed E-state index contributed by atoms with van der Waals surface area (Å²) in [5.41, 5.74) is 0. The summed E-state index contributed by atoms with van der Waals surface area (Å²) in [6.07, 6.45) is 77.3. The van der Waals surface area contributed by atoms with E-state index in [0.29, 0.717) is 57.2 Å². The molecule has 1 rings (SSSR count). The van der Waals surface area contributed by atoms with Crippen LogP contribution in [0.25, 0.3) is 0 Å². The van der Waals surface area contributed by atoms with Gasteiger partial charge in [-0.25, -0.2) is 4.89 Å². The number of hydrogen-bond donors (Lipinski definition) is 4. The Morgan fingerprint density at radius 3 is 1.17 bits per heavy atom. The predicted octanol–water partition coefficient (Wildman–Crippen LogP) is 17.1. The molecule has 0 aromatic heterocycles. The van der Waals surface area contributed by atoms with Gasteiger partial charge in [-0.15, -0.1) is 17.8 Å². The van der Waals surface area contributed by atoms with Gasteiger partial charge in [0.05, 0.1) is 25.0 Å². The summed E-state index contributed by atoms with van der Waals surface area (Å²) in [7, 11) is 0. The molecule has 1 aliphatic rings. The number of carbonyl (C=O) groups is 3. The maximum atomic E-state index is 10.3. The maximum Gasteiger partial charge on any atom is 0.304 e. The lowest BCUT2D eigenvalue weighted by Gasteiger charge is -2.03.